The first-order chi connectivity index (χ1) is 15.3. The minimum Gasteiger partial charge on any atom is -0.508 e. The molecule has 1 atom stereocenters. The Kier molecular flexibility index (Phi) is 4.53. The van der Waals surface area contributed by atoms with Crippen molar-refractivity contribution in [1.29, 1.82) is 0 Å². The Morgan fingerprint density at radius 2 is 2.00 bits per heavy atom. The van der Waals surface area contributed by atoms with Gasteiger partial charge >= 0.3 is 5.97 Å². The van der Waals surface area contributed by atoms with Crippen LogP contribution in [0.4, 0.5) is 0 Å². The Balaban J connectivity index is 1.89. The normalized spacial score (nSPS) is 18.8. The first kappa shape index (κ1) is 20.5. The number of carbonyl (C=O) groups is 1. The van der Waals surface area contributed by atoms with Crippen LogP contribution in [0.15, 0.2) is 23.0 Å². The van der Waals surface area contributed by atoms with E-state index in [1.165, 1.54) is 0 Å². The highest BCUT2D eigenvalue weighted by Crippen LogP contribution is 2.47. The molecule has 5 rings (SSSR count). The molecule has 0 saturated carbocycles. The Hall–Kier alpha value is -3.39. The second-order valence-electron chi connectivity index (χ2n) is 8.17. The SMILES string of the molecule is CCOc1c2c(c(=O)n3c1-c1nc4c(CC)cc(O)cc4cc1C3)COC(=O)[C@]2(O)CC. The van der Waals surface area contributed by atoms with Gasteiger partial charge in [0.2, 0.25) is 0 Å². The van der Waals surface area contributed by atoms with Gasteiger partial charge in [-0.1, -0.05) is 13.8 Å². The number of hydrogen-bond acceptors (Lipinski definition) is 7. The van der Waals surface area contributed by atoms with Gasteiger partial charge in [-0.15, -0.1) is 0 Å². The van der Waals surface area contributed by atoms with Crippen LogP contribution in [-0.2, 0) is 34.7 Å². The quantitative estimate of drug-likeness (QED) is 0.473. The molecule has 2 aliphatic rings. The van der Waals surface area contributed by atoms with Crippen molar-refractivity contribution < 1.29 is 24.5 Å². The van der Waals surface area contributed by atoms with Gasteiger partial charge in [0.25, 0.3) is 5.56 Å². The summed E-state index contributed by atoms with van der Waals surface area (Å²) in [5, 5.41) is 22.1. The predicted octanol–water partition coefficient (Wildman–Crippen LogP) is 2.75. The van der Waals surface area contributed by atoms with E-state index in [0.29, 0.717) is 23.6 Å². The first-order valence-electron chi connectivity index (χ1n) is 10.8. The number of fused-ring (bicyclic) bond motifs is 5. The molecule has 2 N–H and O–H groups in total. The molecule has 8 nitrogen and oxygen atoms in total. The maximum Gasteiger partial charge on any atom is 0.343 e. The van der Waals surface area contributed by atoms with Gasteiger partial charge in [0.15, 0.2) is 11.4 Å². The number of carbonyl (C=O) groups excluding carboxylic acids is 1. The summed E-state index contributed by atoms with van der Waals surface area (Å²) in [5.41, 5.74) is 1.57. The third kappa shape index (κ3) is 2.62. The summed E-state index contributed by atoms with van der Waals surface area (Å²) in [6.45, 7) is 5.80. The maximum absolute atomic E-state index is 13.4. The summed E-state index contributed by atoms with van der Waals surface area (Å²) in [5.74, 6) is -0.324. The number of benzene rings is 1. The third-order valence-corrected chi connectivity index (χ3v) is 6.41. The van der Waals surface area contributed by atoms with Crippen molar-refractivity contribution in [1.82, 2.24) is 9.55 Å². The third-order valence-electron chi connectivity index (χ3n) is 6.41. The summed E-state index contributed by atoms with van der Waals surface area (Å²) in [6, 6.07) is 5.27. The largest absolute Gasteiger partial charge is 0.508 e. The molecule has 8 heteroatoms. The van der Waals surface area contributed by atoms with Crippen LogP contribution in [0.5, 0.6) is 11.5 Å². The average Bonchev–Trinajstić information content (AvgIpc) is 3.15. The number of aromatic hydroxyl groups is 1. The number of esters is 1. The average molecular weight is 436 g/mol. The Morgan fingerprint density at radius 3 is 2.69 bits per heavy atom. The standard InChI is InChI=1S/C24H24N2O6/c1-4-12-8-15(27)9-13-7-14-10-26-20(19(14)25-18(12)13)21(31-6-3)17-16(22(26)28)11-32-23(29)24(17,30)5-2/h7-9,27,30H,4-6,10-11H2,1-3H3/t24-/m0/s1. The zero-order valence-electron chi connectivity index (χ0n) is 18.2. The van der Waals surface area contributed by atoms with Crippen molar-refractivity contribution >= 4 is 16.9 Å². The van der Waals surface area contributed by atoms with E-state index >= 15 is 0 Å². The Morgan fingerprint density at radius 1 is 1.22 bits per heavy atom. The predicted molar refractivity (Wildman–Crippen MR) is 117 cm³/mol. The lowest BCUT2D eigenvalue weighted by atomic mass is 9.85. The fourth-order valence-electron chi connectivity index (χ4n) is 4.83. The topological polar surface area (TPSA) is 111 Å². The minimum atomic E-state index is -1.97. The highest BCUT2D eigenvalue weighted by molar-refractivity contribution is 5.90. The van der Waals surface area contributed by atoms with E-state index < -0.39 is 11.6 Å². The molecule has 0 radical (unpaired) electrons. The number of phenols is 1. The van der Waals surface area contributed by atoms with E-state index in [9.17, 15) is 19.8 Å². The summed E-state index contributed by atoms with van der Waals surface area (Å²) < 4.78 is 12.7. The number of aryl methyl sites for hydroxylation is 1. The van der Waals surface area contributed by atoms with Gasteiger partial charge in [-0.25, -0.2) is 9.78 Å². The molecule has 0 fully saturated rings. The van der Waals surface area contributed by atoms with E-state index in [0.717, 1.165) is 22.0 Å². The minimum absolute atomic E-state index is 0.0407. The van der Waals surface area contributed by atoms with E-state index in [1.807, 2.05) is 19.9 Å². The fraction of sp³-hybridized carbons (Fsp3) is 0.375. The van der Waals surface area contributed by atoms with Crippen LogP contribution in [0, 0.1) is 0 Å². The van der Waals surface area contributed by atoms with Gasteiger partial charge in [-0.05, 0) is 43.5 Å². The van der Waals surface area contributed by atoms with Crippen LogP contribution in [0.3, 0.4) is 0 Å². The lowest BCUT2D eigenvalue weighted by Gasteiger charge is -2.33. The molecule has 2 aliphatic heterocycles. The number of phenolic OH excluding ortho intramolecular Hbond substituents is 1. The van der Waals surface area contributed by atoms with Gasteiger partial charge in [-0.3, -0.25) is 9.36 Å². The summed E-state index contributed by atoms with van der Waals surface area (Å²) >= 11 is 0. The number of rotatable bonds is 4. The number of pyridine rings is 2. The molecule has 2 aromatic heterocycles. The molecule has 0 saturated heterocycles. The van der Waals surface area contributed by atoms with Gasteiger partial charge in [0.05, 0.1) is 35.5 Å². The van der Waals surface area contributed by atoms with Crippen LogP contribution in [0.25, 0.3) is 22.3 Å². The van der Waals surface area contributed by atoms with E-state index in [1.54, 1.807) is 23.6 Å². The van der Waals surface area contributed by atoms with Crippen molar-refractivity contribution in [3.63, 3.8) is 0 Å². The summed E-state index contributed by atoms with van der Waals surface area (Å²) in [4.78, 5) is 30.9. The van der Waals surface area contributed by atoms with E-state index in [2.05, 4.69) is 0 Å². The number of ether oxygens (including phenoxy) is 2. The number of cyclic esters (lactones) is 1. The lowest BCUT2D eigenvalue weighted by molar-refractivity contribution is -0.172. The van der Waals surface area contributed by atoms with Crippen molar-refractivity contribution in [2.75, 3.05) is 6.61 Å². The zero-order valence-corrected chi connectivity index (χ0v) is 18.2. The van der Waals surface area contributed by atoms with Crippen molar-refractivity contribution in [2.24, 2.45) is 0 Å². The second-order valence-corrected chi connectivity index (χ2v) is 8.17. The van der Waals surface area contributed by atoms with Gasteiger partial charge in [0.1, 0.15) is 18.1 Å². The molecule has 0 spiro atoms. The molecular weight excluding hydrogens is 412 g/mol. The molecule has 1 aromatic carbocycles. The molecule has 32 heavy (non-hydrogen) atoms. The number of hydrogen-bond donors (Lipinski definition) is 2. The first-order valence-corrected chi connectivity index (χ1v) is 10.8. The molecule has 0 aliphatic carbocycles. The molecule has 166 valence electrons. The van der Waals surface area contributed by atoms with Crippen LogP contribution in [-0.4, -0.2) is 32.3 Å². The fourth-order valence-corrected chi connectivity index (χ4v) is 4.83. The Labute approximate surface area is 184 Å². The van der Waals surface area contributed by atoms with Crippen molar-refractivity contribution in [3.8, 4) is 22.9 Å². The van der Waals surface area contributed by atoms with Crippen LogP contribution in [0.2, 0.25) is 0 Å². The maximum atomic E-state index is 13.4. The van der Waals surface area contributed by atoms with E-state index in [-0.39, 0.29) is 48.6 Å². The highest BCUT2D eigenvalue weighted by atomic mass is 16.6. The summed E-state index contributed by atoms with van der Waals surface area (Å²) in [6.07, 6.45) is 0.715. The second kappa shape index (κ2) is 7.06. The summed E-state index contributed by atoms with van der Waals surface area (Å²) in [7, 11) is 0. The molecule has 4 heterocycles. The smallest absolute Gasteiger partial charge is 0.343 e. The molecule has 0 bridgehead atoms. The van der Waals surface area contributed by atoms with Crippen LogP contribution in [0.1, 0.15) is 49.4 Å². The van der Waals surface area contributed by atoms with Gasteiger partial charge < -0.3 is 19.7 Å². The molecule has 0 unspecified atom stereocenters. The Bertz CT molecular complexity index is 1360. The lowest BCUT2D eigenvalue weighted by Crippen LogP contribution is -2.45. The van der Waals surface area contributed by atoms with Crippen LogP contribution < -0.4 is 10.3 Å². The van der Waals surface area contributed by atoms with Crippen molar-refractivity contribution in [2.45, 2.75) is 52.4 Å². The molecule has 3 aromatic rings. The van der Waals surface area contributed by atoms with Gasteiger partial charge in [-0.2, -0.15) is 0 Å². The molecular formula is C24H24N2O6. The zero-order chi connectivity index (χ0) is 22.8. The van der Waals surface area contributed by atoms with Gasteiger partial charge in [0, 0.05) is 10.9 Å². The monoisotopic (exact) mass is 436 g/mol. The van der Waals surface area contributed by atoms with E-state index in [4.69, 9.17) is 14.5 Å². The number of aliphatic hydroxyl groups is 1. The molecule has 0 amide bonds. The van der Waals surface area contributed by atoms with Crippen LogP contribution >= 0.6 is 0 Å². The number of aromatic nitrogens is 2. The number of nitrogens with zero attached hydrogens (tertiary/aromatic N) is 2. The highest BCUT2D eigenvalue weighted by Gasteiger charge is 2.48. The van der Waals surface area contributed by atoms with Crippen molar-refractivity contribution in [3.05, 3.63) is 50.8 Å².